The van der Waals surface area contributed by atoms with Crippen LogP contribution in [0.5, 0.6) is 0 Å². The highest BCUT2D eigenvalue weighted by atomic mass is 16.2. The van der Waals surface area contributed by atoms with Crippen molar-refractivity contribution in [3.05, 3.63) is 130 Å². The lowest BCUT2D eigenvalue weighted by Crippen LogP contribution is -2.37. The molecule has 0 saturated heterocycles. The second-order valence-corrected chi connectivity index (χ2v) is 11.5. The fourth-order valence-corrected chi connectivity index (χ4v) is 6.84. The number of dihydropyridines is 1. The Balaban J connectivity index is 1.38. The summed E-state index contributed by atoms with van der Waals surface area (Å²) in [5, 5.41) is 8.84. The van der Waals surface area contributed by atoms with E-state index in [1.165, 1.54) is 0 Å². The van der Waals surface area contributed by atoms with E-state index < -0.39 is 5.92 Å². The van der Waals surface area contributed by atoms with Crippen molar-refractivity contribution in [2.24, 2.45) is 7.05 Å². The Labute approximate surface area is 244 Å². The molecule has 2 unspecified atom stereocenters. The molecule has 3 aromatic carbocycles. The zero-order chi connectivity index (χ0) is 29.0. The molecule has 2 atom stereocenters. The number of aromatic amines is 1. The Morgan fingerprint density at radius 2 is 1.64 bits per heavy atom. The van der Waals surface area contributed by atoms with Crippen molar-refractivity contribution in [3.63, 3.8) is 0 Å². The number of amides is 1. The predicted octanol–water partition coefficient (Wildman–Crippen LogP) is 6.45. The average Bonchev–Trinajstić information content (AvgIpc) is 3.28. The summed E-state index contributed by atoms with van der Waals surface area (Å²) >= 11 is 0. The molecular formula is C36H33N4O2+. The van der Waals surface area contributed by atoms with Crippen molar-refractivity contribution in [2.75, 3.05) is 5.32 Å². The van der Waals surface area contributed by atoms with Crippen LogP contribution in [0.15, 0.2) is 114 Å². The van der Waals surface area contributed by atoms with Crippen LogP contribution in [0.1, 0.15) is 48.3 Å². The molecule has 2 aliphatic rings. The van der Waals surface area contributed by atoms with Gasteiger partial charge in [-0.15, -0.1) is 0 Å². The van der Waals surface area contributed by atoms with E-state index in [2.05, 4.69) is 75.8 Å². The monoisotopic (exact) mass is 553 g/mol. The van der Waals surface area contributed by atoms with Gasteiger partial charge in [-0.3, -0.25) is 4.79 Å². The number of rotatable bonds is 4. The first kappa shape index (κ1) is 26.0. The molecule has 7 rings (SSSR count). The lowest BCUT2D eigenvalue weighted by molar-refractivity contribution is -0.360. The maximum atomic E-state index is 14.1. The third kappa shape index (κ3) is 4.31. The second kappa shape index (κ2) is 10.1. The Morgan fingerprint density at radius 3 is 2.45 bits per heavy atom. The third-order valence-electron chi connectivity index (χ3n) is 8.82. The second-order valence-electron chi connectivity index (χ2n) is 11.5. The van der Waals surface area contributed by atoms with Crippen molar-refractivity contribution < 1.29 is 14.6 Å². The zero-order valence-electron chi connectivity index (χ0n) is 24.0. The maximum Gasteiger partial charge on any atom is 0.337 e. The number of pyridine rings is 1. The first-order valence-corrected chi connectivity index (χ1v) is 14.4. The number of ketones is 1. The number of fused-ring (bicyclic) bond motifs is 3. The van der Waals surface area contributed by atoms with E-state index in [0.29, 0.717) is 23.4 Å². The van der Waals surface area contributed by atoms with Crippen LogP contribution in [-0.4, -0.2) is 16.3 Å². The number of nitrogens with one attached hydrogen (secondary N) is 3. The number of hydrogen-bond donors (Lipinski definition) is 2. The van der Waals surface area contributed by atoms with Gasteiger partial charge >= 0.3 is 5.91 Å². The predicted molar refractivity (Wildman–Crippen MR) is 166 cm³/mol. The van der Waals surface area contributed by atoms with Gasteiger partial charge in [-0.1, -0.05) is 54.6 Å². The molecule has 6 heteroatoms. The third-order valence-corrected chi connectivity index (χ3v) is 8.82. The molecular weight excluding hydrogens is 520 g/mol. The lowest BCUT2D eigenvalue weighted by Gasteiger charge is -2.36. The number of aryl methyl sites for hydroxylation is 2. The van der Waals surface area contributed by atoms with Crippen LogP contribution in [0.2, 0.25) is 0 Å². The Bertz CT molecular complexity index is 1960. The molecule has 0 bridgehead atoms. The fraction of sp³-hybridized carbons (Fsp3) is 0.194. The molecule has 3 N–H and O–H groups in total. The first-order valence-electron chi connectivity index (χ1n) is 14.4. The van der Waals surface area contributed by atoms with Gasteiger partial charge in [0.05, 0.1) is 11.8 Å². The van der Waals surface area contributed by atoms with E-state index in [1.807, 2.05) is 56.4 Å². The summed E-state index contributed by atoms with van der Waals surface area (Å²) in [4.78, 5) is 31.3. The van der Waals surface area contributed by atoms with E-state index >= 15 is 0 Å². The van der Waals surface area contributed by atoms with E-state index in [0.717, 1.165) is 56.3 Å². The number of para-hydroxylation sites is 1. The summed E-state index contributed by atoms with van der Waals surface area (Å²) in [7, 11) is 2.07. The van der Waals surface area contributed by atoms with Gasteiger partial charge in [-0.25, -0.2) is 15.1 Å². The number of nitrogens with zero attached hydrogens (tertiary/aromatic N) is 1. The quantitative estimate of drug-likeness (QED) is 0.268. The van der Waals surface area contributed by atoms with Crippen LogP contribution in [0.25, 0.3) is 21.8 Å². The normalized spacial score (nSPS) is 18.8. The highest BCUT2D eigenvalue weighted by molar-refractivity contribution is 6.11. The fourth-order valence-electron chi connectivity index (χ4n) is 6.84. The number of carbonyl (C=O) groups is 2. The van der Waals surface area contributed by atoms with Gasteiger partial charge in [0.15, 0.2) is 5.78 Å². The minimum atomic E-state index is -0.487. The highest BCUT2D eigenvalue weighted by Crippen LogP contribution is 2.46. The number of aromatic nitrogens is 2. The minimum Gasteiger partial charge on any atom is -0.362 e. The number of Topliss-reactive ketones (excluding diaryl/α,β-unsaturated/α-hetero) is 1. The van der Waals surface area contributed by atoms with Gasteiger partial charge in [-0.2, -0.15) is 0 Å². The summed E-state index contributed by atoms with van der Waals surface area (Å²) in [5.74, 6) is 0.0762. The van der Waals surface area contributed by atoms with E-state index in [9.17, 15) is 9.59 Å². The lowest BCUT2D eigenvalue weighted by atomic mass is 9.71. The Hall–Kier alpha value is -4.97. The van der Waals surface area contributed by atoms with Crippen LogP contribution in [0.3, 0.4) is 0 Å². The van der Waals surface area contributed by atoms with Gasteiger partial charge in [0.2, 0.25) is 0 Å². The molecule has 1 aliphatic heterocycles. The van der Waals surface area contributed by atoms with E-state index in [-0.39, 0.29) is 17.6 Å². The molecule has 3 heterocycles. The van der Waals surface area contributed by atoms with Crippen molar-refractivity contribution in [1.82, 2.24) is 9.88 Å². The van der Waals surface area contributed by atoms with Crippen molar-refractivity contribution in [2.45, 2.75) is 38.5 Å². The van der Waals surface area contributed by atoms with E-state index in [4.69, 9.17) is 0 Å². The smallest absolute Gasteiger partial charge is 0.337 e. The zero-order valence-corrected chi connectivity index (χ0v) is 24.0. The molecule has 42 heavy (non-hydrogen) atoms. The topological polar surface area (TPSA) is 77.3 Å². The maximum absolute atomic E-state index is 14.1. The van der Waals surface area contributed by atoms with Crippen molar-refractivity contribution in [1.29, 1.82) is 0 Å². The first-order chi connectivity index (χ1) is 20.4. The number of hydrogen-bond acceptors (Lipinski definition) is 3. The van der Waals surface area contributed by atoms with Crippen LogP contribution in [-0.2, 0) is 16.6 Å². The van der Waals surface area contributed by atoms with Gasteiger partial charge in [0.1, 0.15) is 0 Å². The molecule has 0 radical (unpaired) electrons. The molecule has 208 valence electrons. The van der Waals surface area contributed by atoms with Gasteiger partial charge in [0.25, 0.3) is 5.82 Å². The molecule has 6 nitrogen and oxygen atoms in total. The average molecular weight is 554 g/mol. The van der Waals surface area contributed by atoms with Crippen molar-refractivity contribution in [3.8, 4) is 0 Å². The summed E-state index contributed by atoms with van der Waals surface area (Å²) in [6, 6.07) is 28.8. The van der Waals surface area contributed by atoms with Gasteiger partial charge < -0.3 is 9.88 Å². The van der Waals surface area contributed by atoms with Crippen LogP contribution < -0.4 is 15.6 Å². The minimum absolute atomic E-state index is 0.0838. The number of carbonyl (C=O) groups excluding carboxylic acids is 2. The SMILES string of the molecule is CC1=C(C(=O)Nc2cc(C)cc[nH+]2)C(c2ccc3c(c2)c2ccccc2n3C)C2=C(CC(c3ccccc3)CC2=O)N1. The Kier molecular flexibility index (Phi) is 6.27. The summed E-state index contributed by atoms with van der Waals surface area (Å²) in [6.45, 7) is 3.93. The summed E-state index contributed by atoms with van der Waals surface area (Å²) in [6.07, 6.45) is 2.94. The van der Waals surface area contributed by atoms with Crippen molar-refractivity contribution >= 4 is 39.3 Å². The van der Waals surface area contributed by atoms with E-state index in [1.54, 1.807) is 0 Å². The highest BCUT2D eigenvalue weighted by Gasteiger charge is 2.42. The molecule has 0 spiro atoms. The number of allylic oxidation sites excluding steroid dienone is 3. The van der Waals surface area contributed by atoms with Crippen LogP contribution in [0, 0.1) is 6.92 Å². The van der Waals surface area contributed by atoms with Gasteiger partial charge in [-0.05, 0) is 67.1 Å². The van der Waals surface area contributed by atoms with Crippen LogP contribution >= 0.6 is 0 Å². The van der Waals surface area contributed by atoms with Gasteiger partial charge in [0, 0.05) is 64.2 Å². The summed E-state index contributed by atoms with van der Waals surface area (Å²) in [5.41, 5.74) is 8.35. The summed E-state index contributed by atoms with van der Waals surface area (Å²) < 4.78 is 2.19. The number of H-pyrrole nitrogens is 1. The standard InChI is InChI=1S/C36H32N4O2/c1-21-15-16-37-32(17-21)39-36(42)33-22(2)38-28-19-25(23-9-5-4-6-10-23)20-31(41)35(28)34(33)24-13-14-30-27(18-24)26-11-7-8-12-29(26)40(30)3/h4-18,25,34,38H,19-20H2,1-3H3,(H,37,39,42)/p+1. The molecule has 5 aromatic rings. The largest absolute Gasteiger partial charge is 0.362 e. The molecule has 2 aromatic heterocycles. The molecule has 1 amide bonds. The Morgan fingerprint density at radius 1 is 0.881 bits per heavy atom. The molecule has 0 fully saturated rings. The molecule has 1 aliphatic carbocycles. The molecule has 0 saturated carbocycles. The number of anilines is 1. The number of benzene rings is 3. The van der Waals surface area contributed by atoms with Crippen LogP contribution in [0.4, 0.5) is 5.82 Å².